The summed E-state index contributed by atoms with van der Waals surface area (Å²) in [5.74, 6) is -7.75. The Bertz CT molecular complexity index is 2140. The molecule has 2 fully saturated rings. The topological polar surface area (TPSA) is 217 Å². The lowest BCUT2D eigenvalue weighted by Crippen LogP contribution is -2.64. The summed E-state index contributed by atoms with van der Waals surface area (Å²) >= 11 is 0. The zero-order chi connectivity index (χ0) is 45.6. The van der Waals surface area contributed by atoms with E-state index in [9.17, 15) is 39.6 Å². The number of benzene rings is 1. The molecule has 2 aliphatic carbocycles. The van der Waals surface area contributed by atoms with E-state index in [1.165, 1.54) is 33.4 Å². The number of hydrogen-bond acceptors (Lipinski definition) is 15. The molecule has 16 heteroatoms. The SMILES string of the molecule is CO[C@H]1[C@H](C)[C@H](O)[C@H](C)C2(O)CC(C)(/C=C/C=C(/C)C(=O)NC3=C(/C=N/N4CCN(CCO)CC4)C(=O)c4c(c(O)c(C)c5c4C(=O)[C@@](C)(O/C=C/[C@H](OC)[C@H]1C)O5)C3=O)[C@@H]2C. The number of rotatable bonds is 6. The normalized spacial score (nSPS) is 36.7. The molecule has 7 bridgehead atoms. The van der Waals surface area contributed by atoms with Crippen LogP contribution in [-0.2, 0) is 19.0 Å². The lowest BCUT2D eigenvalue weighted by molar-refractivity contribution is -0.218. The summed E-state index contributed by atoms with van der Waals surface area (Å²) in [5, 5.41) is 53.5. The zero-order valence-electron chi connectivity index (χ0n) is 37.4. The number of allylic oxidation sites excluding steroid dienone is 5. The minimum atomic E-state index is -2.05. The predicted octanol–water partition coefficient (Wildman–Crippen LogP) is 3.46. The van der Waals surface area contributed by atoms with E-state index in [2.05, 4.69) is 15.3 Å². The Labute approximate surface area is 362 Å². The van der Waals surface area contributed by atoms with Gasteiger partial charge in [0.25, 0.3) is 11.7 Å². The molecule has 1 aromatic rings. The molecule has 0 aromatic heterocycles. The molecule has 5 heterocycles. The first kappa shape index (κ1) is 46.8. The van der Waals surface area contributed by atoms with Gasteiger partial charge in [0.15, 0.2) is 5.78 Å². The van der Waals surface area contributed by atoms with Crippen LogP contribution in [0, 0.1) is 36.0 Å². The highest BCUT2D eigenvalue weighted by Gasteiger charge is 2.61. The maximum absolute atomic E-state index is 14.8. The third kappa shape index (κ3) is 8.05. The van der Waals surface area contributed by atoms with Crippen LogP contribution < -0.4 is 10.1 Å². The molecular weight excluding hydrogens is 801 g/mol. The number of methoxy groups -OCH3 is 2. The number of phenols is 1. The fourth-order valence-electron chi connectivity index (χ4n) is 9.85. The van der Waals surface area contributed by atoms with Crippen molar-refractivity contribution in [1.29, 1.82) is 0 Å². The number of aromatic hydroxyl groups is 1. The van der Waals surface area contributed by atoms with Crippen LogP contribution in [0.4, 0.5) is 0 Å². The summed E-state index contributed by atoms with van der Waals surface area (Å²) in [6.45, 7) is 16.4. The molecule has 7 aliphatic rings. The number of piperazine rings is 1. The molecule has 1 aromatic carbocycles. The fourth-order valence-corrected chi connectivity index (χ4v) is 9.85. The van der Waals surface area contributed by atoms with Gasteiger partial charge in [-0.1, -0.05) is 52.8 Å². The summed E-state index contributed by atoms with van der Waals surface area (Å²) in [6.07, 6.45) is 7.33. The molecule has 2 unspecified atom stereocenters. The van der Waals surface area contributed by atoms with E-state index in [-0.39, 0.29) is 46.5 Å². The van der Waals surface area contributed by atoms with Crippen LogP contribution >= 0.6 is 0 Å². The third-order valence-electron chi connectivity index (χ3n) is 14.2. The van der Waals surface area contributed by atoms with E-state index in [0.29, 0.717) is 39.1 Å². The number of carbonyl (C=O) groups is 4. The zero-order valence-corrected chi connectivity index (χ0v) is 37.4. The number of aliphatic hydroxyl groups is 3. The van der Waals surface area contributed by atoms with Crippen molar-refractivity contribution in [2.24, 2.45) is 34.2 Å². The van der Waals surface area contributed by atoms with Gasteiger partial charge in [-0.2, -0.15) is 5.10 Å². The Morgan fingerprint density at radius 2 is 1.65 bits per heavy atom. The van der Waals surface area contributed by atoms with Gasteiger partial charge in [-0.05, 0) is 37.7 Å². The van der Waals surface area contributed by atoms with Gasteiger partial charge in [0.2, 0.25) is 5.78 Å². The largest absolute Gasteiger partial charge is 0.507 e. The number of nitrogens with zero attached hydrogens (tertiary/aromatic N) is 3. The smallest absolute Gasteiger partial charge is 0.312 e. The minimum Gasteiger partial charge on any atom is -0.507 e. The summed E-state index contributed by atoms with van der Waals surface area (Å²) in [7, 11) is 3.04. The first-order valence-corrected chi connectivity index (χ1v) is 21.3. The van der Waals surface area contributed by atoms with Gasteiger partial charge >= 0.3 is 5.79 Å². The number of amides is 1. The molecule has 16 nitrogen and oxygen atoms in total. The predicted molar refractivity (Wildman–Crippen MR) is 229 cm³/mol. The lowest BCUT2D eigenvalue weighted by Gasteiger charge is -2.60. The number of ketones is 3. The Kier molecular flexibility index (Phi) is 13.4. The van der Waals surface area contributed by atoms with Crippen molar-refractivity contribution in [3.63, 3.8) is 0 Å². The van der Waals surface area contributed by atoms with Gasteiger partial charge in [-0.25, -0.2) is 0 Å². The van der Waals surface area contributed by atoms with Crippen LogP contribution in [-0.4, -0.2) is 143 Å². The highest BCUT2D eigenvalue weighted by Crippen LogP contribution is 2.58. The second kappa shape index (κ2) is 17.8. The lowest BCUT2D eigenvalue weighted by atomic mass is 9.48. The van der Waals surface area contributed by atoms with Gasteiger partial charge in [-0.3, -0.25) is 29.1 Å². The second-order valence-corrected chi connectivity index (χ2v) is 17.9. The maximum atomic E-state index is 14.8. The molecule has 0 spiro atoms. The molecule has 8 rings (SSSR count). The first-order chi connectivity index (χ1) is 29.2. The fraction of sp³-hybridized carbons (Fsp3) is 0.587. The van der Waals surface area contributed by atoms with Crippen molar-refractivity contribution in [3.05, 3.63) is 69.7 Å². The Morgan fingerprint density at radius 3 is 2.26 bits per heavy atom. The molecule has 1 saturated heterocycles. The van der Waals surface area contributed by atoms with Gasteiger partial charge in [0.1, 0.15) is 17.2 Å². The van der Waals surface area contributed by atoms with Crippen molar-refractivity contribution in [3.8, 4) is 11.5 Å². The monoisotopic (exact) mass is 862 g/mol. The van der Waals surface area contributed by atoms with Gasteiger partial charge in [0, 0.05) is 82.8 Å². The Morgan fingerprint density at radius 1 is 0.968 bits per heavy atom. The van der Waals surface area contributed by atoms with E-state index < -0.39 is 92.8 Å². The maximum Gasteiger partial charge on any atom is 0.312 e. The average molecular weight is 863 g/mol. The van der Waals surface area contributed by atoms with Crippen molar-refractivity contribution in [2.75, 3.05) is 53.6 Å². The highest BCUT2D eigenvalue weighted by atomic mass is 16.7. The molecule has 0 radical (unpaired) electrons. The van der Waals surface area contributed by atoms with Gasteiger partial charge < -0.3 is 44.7 Å². The van der Waals surface area contributed by atoms with Crippen molar-refractivity contribution >= 4 is 29.5 Å². The number of Topliss-reactive ketones (excluding diaryl/α,β-unsaturated/α-hetero) is 3. The molecule has 5 N–H and O–H groups in total. The van der Waals surface area contributed by atoms with Crippen LogP contribution in [0.3, 0.4) is 0 Å². The van der Waals surface area contributed by atoms with E-state index in [1.807, 2.05) is 40.7 Å². The van der Waals surface area contributed by atoms with E-state index in [0.717, 1.165) is 0 Å². The Balaban J connectivity index is 1.46. The van der Waals surface area contributed by atoms with Crippen LogP contribution in [0.15, 0.2) is 52.5 Å². The third-order valence-corrected chi connectivity index (χ3v) is 14.2. The van der Waals surface area contributed by atoms with Gasteiger partial charge in [0.05, 0.1) is 65.3 Å². The second-order valence-electron chi connectivity index (χ2n) is 17.9. The molecule has 10 atom stereocenters. The average Bonchev–Trinajstić information content (AvgIpc) is 3.51. The van der Waals surface area contributed by atoms with Gasteiger partial charge in [-0.15, -0.1) is 0 Å². The standard InChI is InChI=1S/C46H62N4O12/c1-24-12-11-14-44(7)23-46(58,29(44)6)28(5)36(52)26(3)40(60-10)25(2)31(59-9)13-21-61-45(8)42(56)34-32-33(37(53)27(4)41(34)62-45)39(55)35(48-43(24)57)30(38(32)54)22-47-50-17-15-49(16-18-50)19-20-51/h11-14,21-22,25-26,28-29,31,36,40,51-53,58H,15-20,23H2,1-10H3,(H,48,57)/b14-11+,21-13+,24-12-,47-22+/t25-,26-,28+,29+,31+,36+,40-,44?,45+,46?/m1/s1. The number of hydrogen-bond donors (Lipinski definition) is 5. The first-order valence-electron chi connectivity index (χ1n) is 21.3. The number of β-amino-alcohol motifs (C(OH)–C–C–N with tert-alkyl or cyclic N) is 1. The van der Waals surface area contributed by atoms with Crippen LogP contribution in [0.1, 0.15) is 91.5 Å². The molecule has 62 heavy (non-hydrogen) atoms. The highest BCUT2D eigenvalue weighted by molar-refractivity contribution is 6.37. The molecule has 1 saturated carbocycles. The van der Waals surface area contributed by atoms with E-state index >= 15 is 0 Å². The molecule has 338 valence electrons. The van der Waals surface area contributed by atoms with E-state index in [4.69, 9.17) is 18.9 Å². The number of phenolic OH excluding ortho intramolecular Hbond substituents is 1. The summed E-state index contributed by atoms with van der Waals surface area (Å²) in [4.78, 5) is 59.7. The van der Waals surface area contributed by atoms with Crippen LogP contribution in [0.25, 0.3) is 0 Å². The van der Waals surface area contributed by atoms with Crippen molar-refractivity contribution in [2.45, 2.75) is 91.5 Å². The van der Waals surface area contributed by atoms with E-state index in [1.54, 1.807) is 37.3 Å². The summed E-state index contributed by atoms with van der Waals surface area (Å²) in [5.41, 5.74) is -3.40. The number of ether oxygens (including phenoxy) is 4. The number of aliphatic hydroxyl groups excluding tert-OH is 2. The Hall–Kier alpha value is -4.71. The number of hydrazone groups is 1. The van der Waals surface area contributed by atoms with Crippen molar-refractivity contribution in [1.82, 2.24) is 15.2 Å². The summed E-state index contributed by atoms with van der Waals surface area (Å²) < 4.78 is 23.9. The minimum absolute atomic E-state index is 0.00540. The molecule has 5 aliphatic heterocycles. The summed E-state index contributed by atoms with van der Waals surface area (Å²) in [6, 6.07) is 0. The van der Waals surface area contributed by atoms with Crippen LogP contribution in [0.5, 0.6) is 11.5 Å². The quantitative estimate of drug-likeness (QED) is 0.259. The number of carbonyl (C=O) groups excluding carboxylic acids is 4. The number of nitrogens with one attached hydrogen (secondary N) is 1. The van der Waals surface area contributed by atoms with Crippen molar-refractivity contribution < 1.29 is 58.6 Å². The molecule has 1 amide bonds. The molecular formula is C46H62N4O12. The van der Waals surface area contributed by atoms with Crippen LogP contribution in [0.2, 0.25) is 0 Å².